The van der Waals surface area contributed by atoms with Crippen molar-refractivity contribution in [3.05, 3.63) is 16.1 Å². The van der Waals surface area contributed by atoms with Gasteiger partial charge in [-0.3, -0.25) is 0 Å². The molecular weight excluding hydrogens is 244 g/mol. The van der Waals surface area contributed by atoms with E-state index in [0.717, 1.165) is 32.6 Å². The fourth-order valence-corrected chi connectivity index (χ4v) is 3.65. The molecule has 0 amide bonds. The van der Waals surface area contributed by atoms with Gasteiger partial charge in [0.05, 0.1) is 10.7 Å². The molecule has 3 nitrogen and oxygen atoms in total. The number of likely N-dealkylation sites (N-methyl/N-ethyl adjacent to an activating group) is 1. The zero-order valence-corrected chi connectivity index (χ0v) is 12.4. The summed E-state index contributed by atoms with van der Waals surface area (Å²) in [5.41, 5.74) is 1.29. The summed E-state index contributed by atoms with van der Waals surface area (Å²) in [5.74, 6) is 1.78. The Bertz CT molecular complexity index is 358. The third-order valence-corrected chi connectivity index (χ3v) is 4.72. The zero-order chi connectivity index (χ0) is 13.0. The van der Waals surface area contributed by atoms with Crippen LogP contribution in [0.1, 0.15) is 49.2 Å². The maximum Gasteiger partial charge on any atom is 0.0974 e. The second-order valence-corrected chi connectivity index (χ2v) is 6.30. The minimum atomic E-state index is 0.536. The first kappa shape index (κ1) is 14.0. The van der Waals surface area contributed by atoms with E-state index in [-0.39, 0.29) is 0 Å². The highest BCUT2D eigenvalue weighted by atomic mass is 32.1. The minimum absolute atomic E-state index is 0.536. The Kier molecular flexibility index (Phi) is 5.15. The van der Waals surface area contributed by atoms with E-state index < -0.39 is 0 Å². The van der Waals surface area contributed by atoms with Crippen molar-refractivity contribution in [2.24, 2.45) is 5.92 Å². The summed E-state index contributed by atoms with van der Waals surface area (Å²) in [6.45, 7) is 7.34. The minimum Gasteiger partial charge on any atom is -0.381 e. The van der Waals surface area contributed by atoms with Gasteiger partial charge in [0.15, 0.2) is 0 Å². The predicted molar refractivity (Wildman–Crippen MR) is 76.4 cm³/mol. The Balaban J connectivity index is 2.07. The van der Waals surface area contributed by atoms with Gasteiger partial charge in [-0.15, -0.1) is 11.3 Å². The summed E-state index contributed by atoms with van der Waals surface area (Å²) in [5, 5.41) is 6.84. The molecule has 0 radical (unpaired) electrons. The van der Waals surface area contributed by atoms with Crippen molar-refractivity contribution in [1.29, 1.82) is 0 Å². The fraction of sp³-hybridized carbons (Fsp3) is 0.786. The molecule has 1 aromatic rings. The normalized spacial score (nSPS) is 19.3. The summed E-state index contributed by atoms with van der Waals surface area (Å²) >= 11 is 1.83. The lowest BCUT2D eigenvalue weighted by atomic mass is 9.95. The first-order chi connectivity index (χ1) is 8.72. The quantitative estimate of drug-likeness (QED) is 0.891. The van der Waals surface area contributed by atoms with Crippen LogP contribution in [0.3, 0.4) is 0 Å². The molecule has 18 heavy (non-hydrogen) atoms. The molecule has 1 atom stereocenters. The van der Waals surface area contributed by atoms with Gasteiger partial charge in [0.2, 0.25) is 0 Å². The highest BCUT2D eigenvalue weighted by Gasteiger charge is 2.22. The molecule has 2 rings (SSSR count). The van der Waals surface area contributed by atoms with Crippen LogP contribution in [-0.4, -0.2) is 31.8 Å². The zero-order valence-electron chi connectivity index (χ0n) is 11.6. The second kappa shape index (κ2) is 6.64. The third-order valence-electron chi connectivity index (χ3n) is 3.73. The number of hydrogen-bond acceptors (Lipinski definition) is 4. The highest BCUT2D eigenvalue weighted by molar-refractivity contribution is 7.09. The Morgan fingerprint density at radius 2 is 2.17 bits per heavy atom. The summed E-state index contributed by atoms with van der Waals surface area (Å²) < 4.78 is 5.42. The topological polar surface area (TPSA) is 34.2 Å². The molecule has 0 aliphatic carbocycles. The molecule has 4 heteroatoms. The van der Waals surface area contributed by atoms with E-state index >= 15 is 0 Å². The number of nitrogens with zero attached hydrogens (tertiary/aromatic N) is 1. The molecule has 0 aromatic carbocycles. The SMILES string of the molecule is CNCC(c1nc(C2CCOCC2)cs1)C(C)C. The molecule has 1 N–H and O–H groups in total. The number of ether oxygens (including phenoxy) is 1. The molecule has 2 heterocycles. The number of thiazole rings is 1. The lowest BCUT2D eigenvalue weighted by molar-refractivity contribution is 0.0846. The molecule has 1 aromatic heterocycles. The standard InChI is InChI=1S/C14H24N2OS/c1-10(2)12(8-15-3)14-16-13(9-18-14)11-4-6-17-7-5-11/h9-12,15H,4-8H2,1-3H3. The van der Waals surface area contributed by atoms with Gasteiger partial charge in [0.25, 0.3) is 0 Å². The molecular formula is C14H24N2OS. The molecule has 102 valence electrons. The lowest BCUT2D eigenvalue weighted by Crippen LogP contribution is -2.21. The van der Waals surface area contributed by atoms with Gasteiger partial charge in [-0.2, -0.15) is 0 Å². The maximum absolute atomic E-state index is 5.42. The summed E-state index contributed by atoms with van der Waals surface area (Å²) in [4.78, 5) is 4.90. The average Bonchev–Trinajstić information content (AvgIpc) is 2.86. The Hall–Kier alpha value is -0.450. The lowest BCUT2D eigenvalue weighted by Gasteiger charge is -2.21. The monoisotopic (exact) mass is 268 g/mol. The van der Waals surface area contributed by atoms with Gasteiger partial charge in [-0.1, -0.05) is 13.8 Å². The first-order valence-corrected chi connectivity index (χ1v) is 7.78. The number of aromatic nitrogens is 1. The average molecular weight is 268 g/mol. The Morgan fingerprint density at radius 1 is 1.44 bits per heavy atom. The third kappa shape index (κ3) is 3.31. The van der Waals surface area contributed by atoms with E-state index in [1.807, 2.05) is 18.4 Å². The first-order valence-electron chi connectivity index (χ1n) is 6.90. The highest BCUT2D eigenvalue weighted by Crippen LogP contribution is 2.32. The van der Waals surface area contributed by atoms with Crippen LogP contribution >= 0.6 is 11.3 Å². The van der Waals surface area contributed by atoms with Crippen LogP contribution in [0.2, 0.25) is 0 Å². The van der Waals surface area contributed by atoms with Crippen molar-refractivity contribution in [2.45, 2.75) is 38.5 Å². The molecule has 0 bridgehead atoms. The summed E-state index contributed by atoms with van der Waals surface area (Å²) in [7, 11) is 2.02. The number of hydrogen-bond donors (Lipinski definition) is 1. The number of rotatable bonds is 5. The van der Waals surface area contributed by atoms with E-state index in [0.29, 0.717) is 17.8 Å². The van der Waals surface area contributed by atoms with Gasteiger partial charge in [-0.05, 0) is 25.8 Å². The van der Waals surface area contributed by atoms with Crippen LogP contribution in [0.4, 0.5) is 0 Å². The van der Waals surface area contributed by atoms with Crippen molar-refractivity contribution in [3.63, 3.8) is 0 Å². The summed E-state index contributed by atoms with van der Waals surface area (Å²) in [6.07, 6.45) is 2.25. The molecule has 1 aliphatic rings. The molecule has 0 spiro atoms. The van der Waals surface area contributed by atoms with E-state index in [1.165, 1.54) is 10.7 Å². The van der Waals surface area contributed by atoms with Crippen LogP contribution in [0.25, 0.3) is 0 Å². The predicted octanol–water partition coefficient (Wildman–Crippen LogP) is 3.00. The van der Waals surface area contributed by atoms with Crippen LogP contribution in [0, 0.1) is 5.92 Å². The van der Waals surface area contributed by atoms with Gasteiger partial charge < -0.3 is 10.1 Å². The van der Waals surface area contributed by atoms with Crippen molar-refractivity contribution in [3.8, 4) is 0 Å². The molecule has 1 aliphatic heterocycles. The van der Waals surface area contributed by atoms with Gasteiger partial charge in [-0.25, -0.2) is 4.98 Å². The molecule has 0 saturated carbocycles. The molecule has 1 fully saturated rings. The van der Waals surface area contributed by atoms with Crippen LogP contribution in [-0.2, 0) is 4.74 Å². The van der Waals surface area contributed by atoms with E-state index in [4.69, 9.17) is 9.72 Å². The largest absolute Gasteiger partial charge is 0.381 e. The second-order valence-electron chi connectivity index (χ2n) is 5.41. The van der Waals surface area contributed by atoms with Crippen LogP contribution in [0.5, 0.6) is 0 Å². The molecule has 1 unspecified atom stereocenters. The van der Waals surface area contributed by atoms with E-state index in [9.17, 15) is 0 Å². The van der Waals surface area contributed by atoms with E-state index in [1.54, 1.807) is 0 Å². The van der Waals surface area contributed by atoms with Crippen molar-refractivity contribution in [2.75, 3.05) is 26.8 Å². The van der Waals surface area contributed by atoms with Crippen molar-refractivity contribution in [1.82, 2.24) is 10.3 Å². The van der Waals surface area contributed by atoms with Gasteiger partial charge >= 0.3 is 0 Å². The van der Waals surface area contributed by atoms with Gasteiger partial charge in [0, 0.05) is 37.0 Å². The van der Waals surface area contributed by atoms with Crippen molar-refractivity contribution >= 4 is 11.3 Å². The van der Waals surface area contributed by atoms with Crippen LogP contribution in [0.15, 0.2) is 5.38 Å². The Morgan fingerprint density at radius 3 is 2.78 bits per heavy atom. The maximum atomic E-state index is 5.42. The fourth-order valence-electron chi connectivity index (χ4n) is 2.48. The van der Waals surface area contributed by atoms with Crippen molar-refractivity contribution < 1.29 is 4.74 Å². The summed E-state index contributed by atoms with van der Waals surface area (Å²) in [6, 6.07) is 0. The van der Waals surface area contributed by atoms with Crippen LogP contribution < -0.4 is 5.32 Å². The Labute approximate surface area is 114 Å². The van der Waals surface area contributed by atoms with E-state index in [2.05, 4.69) is 24.5 Å². The number of nitrogens with one attached hydrogen (secondary N) is 1. The van der Waals surface area contributed by atoms with Gasteiger partial charge in [0.1, 0.15) is 0 Å². The molecule has 1 saturated heterocycles. The smallest absolute Gasteiger partial charge is 0.0974 e.